The number of allylic oxidation sites excluding steroid dienone is 2. The zero-order chi connectivity index (χ0) is 51.4. The van der Waals surface area contributed by atoms with E-state index >= 15 is 0 Å². The average molecular weight is 1000 g/mol. The van der Waals surface area contributed by atoms with E-state index in [2.05, 4.69) is 31.3 Å². The average Bonchev–Trinajstić information content (AvgIpc) is 3.37. The first kappa shape index (κ1) is 69.6. The number of ether oxygens (including phenoxy) is 1. The molecule has 0 aromatic carbocycles. The summed E-state index contributed by atoms with van der Waals surface area (Å²) in [5, 5.41) is 23.1. The second-order valence-corrected chi connectivity index (χ2v) is 22.5. The Morgan fingerprint density at radius 1 is 0.380 bits per heavy atom. The van der Waals surface area contributed by atoms with Crippen molar-refractivity contribution >= 4 is 11.9 Å². The van der Waals surface area contributed by atoms with Gasteiger partial charge in [0.25, 0.3) is 0 Å². The fourth-order valence-corrected chi connectivity index (χ4v) is 10.3. The highest BCUT2D eigenvalue weighted by molar-refractivity contribution is 5.76. The molecule has 0 radical (unpaired) electrons. The van der Waals surface area contributed by atoms with E-state index in [1.165, 1.54) is 289 Å². The molecule has 0 heterocycles. The van der Waals surface area contributed by atoms with Crippen molar-refractivity contribution in [3.05, 3.63) is 12.2 Å². The van der Waals surface area contributed by atoms with E-state index in [4.69, 9.17) is 4.74 Å². The van der Waals surface area contributed by atoms with Crippen LogP contribution < -0.4 is 5.32 Å². The van der Waals surface area contributed by atoms with Crippen LogP contribution in [0.15, 0.2) is 12.2 Å². The molecule has 0 aliphatic rings. The molecule has 6 heteroatoms. The molecule has 0 aliphatic carbocycles. The highest BCUT2D eigenvalue weighted by atomic mass is 16.5. The Labute approximate surface area is 444 Å². The number of rotatable bonds is 61. The van der Waals surface area contributed by atoms with Gasteiger partial charge in [0.15, 0.2) is 0 Å². The van der Waals surface area contributed by atoms with Crippen molar-refractivity contribution in [3.8, 4) is 0 Å². The van der Waals surface area contributed by atoms with Gasteiger partial charge in [0.2, 0.25) is 5.91 Å². The summed E-state index contributed by atoms with van der Waals surface area (Å²) in [6.45, 7) is 4.95. The normalized spacial score (nSPS) is 12.6. The molecule has 2 unspecified atom stereocenters. The van der Waals surface area contributed by atoms with Crippen LogP contribution in [0.3, 0.4) is 0 Å². The van der Waals surface area contributed by atoms with Gasteiger partial charge in [0.1, 0.15) is 0 Å². The summed E-state index contributed by atoms with van der Waals surface area (Å²) in [6.07, 6.45) is 74.0. The SMILES string of the molecule is CCCCCCC/C=C\CCCCCCCC(=O)OCCCCCCCCCCCCCCCCCCCCCCCCCCCCCCCCCC(=O)NC(CO)C(O)CCCCCCCCCCC. The molecule has 2 atom stereocenters. The van der Waals surface area contributed by atoms with Gasteiger partial charge in [0.05, 0.1) is 25.4 Å². The lowest BCUT2D eigenvalue weighted by Crippen LogP contribution is -2.45. The third-order valence-corrected chi connectivity index (χ3v) is 15.3. The van der Waals surface area contributed by atoms with Crippen LogP contribution in [0.2, 0.25) is 0 Å². The van der Waals surface area contributed by atoms with E-state index in [9.17, 15) is 19.8 Å². The van der Waals surface area contributed by atoms with Crippen molar-refractivity contribution in [1.82, 2.24) is 5.32 Å². The molecule has 0 aromatic heterocycles. The van der Waals surface area contributed by atoms with Crippen molar-refractivity contribution in [2.24, 2.45) is 0 Å². The number of unbranched alkanes of at least 4 members (excludes halogenated alkanes) is 48. The van der Waals surface area contributed by atoms with Crippen LogP contribution in [0.25, 0.3) is 0 Å². The van der Waals surface area contributed by atoms with Crippen molar-refractivity contribution in [2.45, 2.75) is 379 Å². The summed E-state index contributed by atoms with van der Waals surface area (Å²) >= 11 is 0. The molecule has 422 valence electrons. The maximum atomic E-state index is 12.4. The fraction of sp³-hybridized carbons (Fsp3) is 0.938. The van der Waals surface area contributed by atoms with Crippen LogP contribution >= 0.6 is 0 Å². The Hall–Kier alpha value is -1.40. The van der Waals surface area contributed by atoms with Gasteiger partial charge >= 0.3 is 5.97 Å². The van der Waals surface area contributed by atoms with Crippen LogP contribution in [0.1, 0.15) is 367 Å². The molecule has 0 bridgehead atoms. The van der Waals surface area contributed by atoms with Gasteiger partial charge < -0.3 is 20.3 Å². The van der Waals surface area contributed by atoms with E-state index in [0.29, 0.717) is 25.9 Å². The summed E-state index contributed by atoms with van der Waals surface area (Å²) in [4.78, 5) is 24.5. The van der Waals surface area contributed by atoms with Crippen molar-refractivity contribution in [3.63, 3.8) is 0 Å². The minimum absolute atomic E-state index is 0.0126. The molecular weight excluding hydrogens is 875 g/mol. The Morgan fingerprint density at radius 2 is 0.662 bits per heavy atom. The summed E-state index contributed by atoms with van der Waals surface area (Å²) < 4.78 is 5.48. The number of nitrogens with one attached hydrogen (secondary N) is 1. The first-order valence-electron chi connectivity index (χ1n) is 32.4. The van der Waals surface area contributed by atoms with Gasteiger partial charge in [-0.15, -0.1) is 0 Å². The molecular formula is C65H127NO5. The second kappa shape index (κ2) is 61.1. The lowest BCUT2D eigenvalue weighted by Gasteiger charge is -2.22. The molecule has 3 N–H and O–H groups in total. The number of hydrogen-bond acceptors (Lipinski definition) is 5. The first-order valence-corrected chi connectivity index (χ1v) is 32.4. The number of aliphatic hydroxyl groups excluding tert-OH is 2. The maximum Gasteiger partial charge on any atom is 0.305 e. The monoisotopic (exact) mass is 1000 g/mol. The quantitative estimate of drug-likeness (QED) is 0.0320. The highest BCUT2D eigenvalue weighted by Crippen LogP contribution is 2.19. The molecule has 71 heavy (non-hydrogen) atoms. The first-order chi connectivity index (χ1) is 35.0. The predicted molar refractivity (Wildman–Crippen MR) is 310 cm³/mol. The molecule has 6 nitrogen and oxygen atoms in total. The van der Waals surface area contributed by atoms with Gasteiger partial charge in [0, 0.05) is 12.8 Å². The molecule has 0 saturated heterocycles. The molecule has 1 amide bonds. The Balaban J connectivity index is 3.28. The van der Waals surface area contributed by atoms with E-state index in [0.717, 1.165) is 44.9 Å². The summed E-state index contributed by atoms with van der Waals surface area (Å²) in [7, 11) is 0. The minimum Gasteiger partial charge on any atom is -0.466 e. The molecule has 0 spiro atoms. The fourth-order valence-electron chi connectivity index (χ4n) is 10.3. The van der Waals surface area contributed by atoms with Crippen molar-refractivity contribution in [2.75, 3.05) is 13.2 Å². The molecule has 0 rings (SSSR count). The third kappa shape index (κ3) is 57.7. The van der Waals surface area contributed by atoms with E-state index < -0.39 is 12.1 Å². The van der Waals surface area contributed by atoms with E-state index in [1.807, 2.05) is 0 Å². The number of hydrogen-bond donors (Lipinski definition) is 3. The minimum atomic E-state index is -0.658. The summed E-state index contributed by atoms with van der Waals surface area (Å²) in [5.74, 6) is -0.0189. The topological polar surface area (TPSA) is 95.9 Å². The van der Waals surface area contributed by atoms with Crippen molar-refractivity contribution < 1.29 is 24.5 Å². The molecule has 0 fully saturated rings. The predicted octanol–water partition coefficient (Wildman–Crippen LogP) is 20.4. The number of carbonyl (C=O) groups is 2. The van der Waals surface area contributed by atoms with E-state index in [-0.39, 0.29) is 18.5 Å². The number of esters is 1. The molecule has 0 aliphatic heterocycles. The van der Waals surface area contributed by atoms with Crippen LogP contribution in [-0.4, -0.2) is 47.4 Å². The summed E-state index contributed by atoms with van der Waals surface area (Å²) in [5.41, 5.74) is 0. The Kier molecular flexibility index (Phi) is 59.9. The largest absolute Gasteiger partial charge is 0.466 e. The smallest absolute Gasteiger partial charge is 0.305 e. The second-order valence-electron chi connectivity index (χ2n) is 22.5. The van der Waals surface area contributed by atoms with Crippen LogP contribution in [-0.2, 0) is 14.3 Å². The Bertz CT molecular complexity index is 1060. The number of carbonyl (C=O) groups excluding carboxylic acids is 2. The van der Waals surface area contributed by atoms with Gasteiger partial charge in [-0.2, -0.15) is 0 Å². The standard InChI is InChI=1S/C65H127NO5/c1-3-5-7-9-11-13-14-15-36-39-43-47-51-55-59-65(70)71-60-56-52-48-44-40-37-34-32-30-28-26-24-22-20-18-16-17-19-21-23-25-27-29-31-33-35-38-42-46-50-54-58-64(69)66-62(61-67)63(68)57-53-49-45-41-12-10-8-6-4-2/h14-15,62-63,67-68H,3-13,16-61H2,1-2H3,(H,66,69)/b15-14-. The van der Waals surface area contributed by atoms with Crippen LogP contribution in [0.5, 0.6) is 0 Å². The lowest BCUT2D eigenvalue weighted by molar-refractivity contribution is -0.143. The maximum absolute atomic E-state index is 12.4. The summed E-state index contributed by atoms with van der Waals surface area (Å²) in [6, 6.07) is -0.535. The van der Waals surface area contributed by atoms with Crippen LogP contribution in [0.4, 0.5) is 0 Å². The lowest BCUT2D eigenvalue weighted by atomic mass is 10.0. The number of amides is 1. The van der Waals surface area contributed by atoms with Gasteiger partial charge in [-0.3, -0.25) is 9.59 Å². The van der Waals surface area contributed by atoms with E-state index in [1.54, 1.807) is 0 Å². The molecule has 0 aromatic rings. The zero-order valence-corrected chi connectivity index (χ0v) is 48.2. The third-order valence-electron chi connectivity index (χ3n) is 15.3. The number of aliphatic hydroxyl groups is 2. The van der Waals surface area contributed by atoms with Crippen LogP contribution in [0, 0.1) is 0 Å². The molecule has 0 saturated carbocycles. The highest BCUT2D eigenvalue weighted by Gasteiger charge is 2.20. The van der Waals surface area contributed by atoms with Crippen molar-refractivity contribution in [1.29, 1.82) is 0 Å². The zero-order valence-electron chi connectivity index (χ0n) is 48.2. The Morgan fingerprint density at radius 3 is 1.00 bits per heavy atom. The van der Waals surface area contributed by atoms with Gasteiger partial charge in [-0.05, 0) is 51.4 Å². The van der Waals surface area contributed by atoms with Gasteiger partial charge in [-0.25, -0.2) is 0 Å². The van der Waals surface area contributed by atoms with Gasteiger partial charge in [-0.1, -0.05) is 315 Å².